The van der Waals surface area contributed by atoms with Gasteiger partial charge in [-0.2, -0.15) is 13.2 Å². The van der Waals surface area contributed by atoms with Gasteiger partial charge in [-0.1, -0.05) is 0 Å². The summed E-state index contributed by atoms with van der Waals surface area (Å²) >= 11 is 0. The number of aromatic nitrogens is 1. The smallest absolute Gasteiger partial charge is 0.395 e. The predicted octanol–water partition coefficient (Wildman–Crippen LogP) is 1.23. The molecule has 0 aliphatic carbocycles. The van der Waals surface area contributed by atoms with Crippen LogP contribution < -0.4 is 9.62 Å². The summed E-state index contributed by atoms with van der Waals surface area (Å²) < 4.78 is 71.7. The van der Waals surface area contributed by atoms with Crippen LogP contribution in [-0.4, -0.2) is 58.5 Å². The summed E-state index contributed by atoms with van der Waals surface area (Å²) in [5.74, 6) is -0.240. The van der Waals surface area contributed by atoms with E-state index in [1.54, 1.807) is 0 Å². The van der Waals surface area contributed by atoms with Crippen LogP contribution in [0.1, 0.15) is 18.4 Å². The van der Waals surface area contributed by atoms with Gasteiger partial charge in [-0.15, -0.1) is 0 Å². The molecule has 0 saturated carbocycles. The Kier molecular flexibility index (Phi) is 6.83. The van der Waals surface area contributed by atoms with Gasteiger partial charge in [-0.25, -0.2) is 18.1 Å². The molecular weight excluding hydrogens is 375 g/mol. The van der Waals surface area contributed by atoms with Crippen molar-refractivity contribution in [2.24, 2.45) is 5.92 Å². The Morgan fingerprint density at radius 3 is 2.77 bits per heavy atom. The number of rotatable bonds is 7. The molecular formula is C15H22F3N3O4S. The van der Waals surface area contributed by atoms with E-state index in [1.165, 1.54) is 11.9 Å². The number of nitrogens with one attached hydrogen (secondary N) is 1. The van der Waals surface area contributed by atoms with Crippen LogP contribution in [0, 0.1) is 5.92 Å². The van der Waals surface area contributed by atoms with E-state index in [2.05, 4.69) is 4.98 Å². The number of aliphatic hydroxyl groups excluding tert-OH is 1. The number of sulfonamides is 1. The summed E-state index contributed by atoms with van der Waals surface area (Å²) in [5, 5.41) is 8.69. The molecule has 2 heterocycles. The molecule has 1 aliphatic rings. The fourth-order valence-electron chi connectivity index (χ4n) is 2.79. The molecule has 1 atom stereocenters. The van der Waals surface area contributed by atoms with E-state index in [0.717, 1.165) is 19.0 Å². The lowest BCUT2D eigenvalue weighted by atomic mass is 10.0. The molecule has 1 saturated heterocycles. The minimum atomic E-state index is -4.76. The minimum absolute atomic E-state index is 0.0891. The summed E-state index contributed by atoms with van der Waals surface area (Å²) in [4.78, 5) is 4.54. The highest BCUT2D eigenvalue weighted by atomic mass is 32.2. The Bertz CT molecular complexity index is 707. The van der Waals surface area contributed by atoms with Crippen LogP contribution in [0.5, 0.6) is 0 Å². The van der Waals surface area contributed by atoms with Crippen LogP contribution in [0.3, 0.4) is 0 Å². The number of pyridine rings is 1. The predicted molar refractivity (Wildman–Crippen MR) is 88.3 cm³/mol. The van der Waals surface area contributed by atoms with Crippen molar-refractivity contribution in [3.05, 3.63) is 17.8 Å². The van der Waals surface area contributed by atoms with Crippen LogP contribution in [0.2, 0.25) is 0 Å². The highest BCUT2D eigenvalue weighted by molar-refractivity contribution is 7.89. The second kappa shape index (κ2) is 8.51. The monoisotopic (exact) mass is 397 g/mol. The van der Waals surface area contributed by atoms with E-state index in [1.807, 2.05) is 4.72 Å². The standard InChI is InChI=1S/C15H22F3N3O4S/c1-21(9-11-3-2-6-25-10-11)14-13(15(16,17)18)7-12(8-19-14)26(23,24)20-4-5-22/h7-8,11,20,22H,2-6,9-10H2,1H3. The highest BCUT2D eigenvalue weighted by Gasteiger charge is 2.37. The van der Waals surface area contributed by atoms with Crippen molar-refractivity contribution in [3.8, 4) is 0 Å². The molecule has 1 fully saturated rings. The zero-order chi connectivity index (χ0) is 19.4. The summed E-state index contributed by atoms with van der Waals surface area (Å²) in [5.41, 5.74) is -1.12. The molecule has 0 amide bonds. The van der Waals surface area contributed by atoms with Crippen LogP contribution in [0.25, 0.3) is 0 Å². The average Bonchev–Trinajstić information content (AvgIpc) is 2.59. The molecule has 1 aromatic heterocycles. The van der Waals surface area contributed by atoms with Crippen molar-refractivity contribution in [1.82, 2.24) is 9.71 Å². The van der Waals surface area contributed by atoms with E-state index < -0.39 is 33.3 Å². The number of nitrogens with zero attached hydrogens (tertiary/aromatic N) is 2. The van der Waals surface area contributed by atoms with Gasteiger partial charge in [0.1, 0.15) is 10.7 Å². The van der Waals surface area contributed by atoms with Crippen molar-refractivity contribution in [2.75, 3.05) is 44.9 Å². The fourth-order valence-corrected chi connectivity index (χ4v) is 3.78. The van der Waals surface area contributed by atoms with Crippen LogP contribution >= 0.6 is 0 Å². The number of aliphatic hydroxyl groups is 1. The zero-order valence-electron chi connectivity index (χ0n) is 14.3. The van der Waals surface area contributed by atoms with Crippen molar-refractivity contribution in [3.63, 3.8) is 0 Å². The van der Waals surface area contributed by atoms with Crippen LogP contribution in [0.15, 0.2) is 17.2 Å². The first-order valence-electron chi connectivity index (χ1n) is 8.12. The lowest BCUT2D eigenvalue weighted by molar-refractivity contribution is -0.137. The van der Waals surface area contributed by atoms with Crippen LogP contribution in [-0.2, 0) is 20.9 Å². The maximum absolute atomic E-state index is 13.5. The summed E-state index contributed by atoms with van der Waals surface area (Å²) in [7, 11) is -2.70. The summed E-state index contributed by atoms with van der Waals surface area (Å²) in [6.07, 6.45) is -2.17. The van der Waals surface area contributed by atoms with Crippen molar-refractivity contribution >= 4 is 15.8 Å². The third-order valence-electron chi connectivity index (χ3n) is 4.01. The first kappa shape index (κ1) is 20.9. The Morgan fingerprint density at radius 2 is 2.19 bits per heavy atom. The van der Waals surface area contributed by atoms with Crippen molar-refractivity contribution < 1.29 is 31.4 Å². The number of anilines is 1. The molecule has 2 N–H and O–H groups in total. The maximum Gasteiger partial charge on any atom is 0.420 e. The fraction of sp³-hybridized carbons (Fsp3) is 0.667. The molecule has 0 aromatic carbocycles. The maximum atomic E-state index is 13.5. The van der Waals surface area contributed by atoms with E-state index in [-0.39, 0.29) is 18.3 Å². The summed E-state index contributed by atoms with van der Waals surface area (Å²) in [6, 6.07) is 0.565. The molecule has 1 aromatic rings. The van der Waals surface area contributed by atoms with Crippen molar-refractivity contribution in [2.45, 2.75) is 23.9 Å². The Hall–Kier alpha value is -1.43. The SMILES string of the molecule is CN(CC1CCCOC1)c1ncc(S(=O)(=O)NCCO)cc1C(F)(F)F. The number of hydrogen-bond donors (Lipinski definition) is 2. The minimum Gasteiger partial charge on any atom is -0.395 e. The molecule has 11 heteroatoms. The molecule has 148 valence electrons. The first-order chi connectivity index (χ1) is 12.1. The quantitative estimate of drug-likeness (QED) is 0.719. The van der Waals surface area contributed by atoms with Gasteiger partial charge in [0, 0.05) is 32.9 Å². The zero-order valence-corrected chi connectivity index (χ0v) is 15.1. The molecule has 1 unspecified atom stereocenters. The van der Waals surface area contributed by atoms with Gasteiger partial charge in [-0.05, 0) is 24.8 Å². The normalized spacial score (nSPS) is 18.7. The Morgan fingerprint density at radius 1 is 1.46 bits per heavy atom. The summed E-state index contributed by atoms with van der Waals surface area (Å²) in [6.45, 7) is 0.684. The Labute approximate surface area is 150 Å². The van der Waals surface area contributed by atoms with Gasteiger partial charge in [0.25, 0.3) is 0 Å². The number of ether oxygens (including phenoxy) is 1. The topological polar surface area (TPSA) is 91.8 Å². The third kappa shape index (κ3) is 5.29. The van der Waals surface area contributed by atoms with Gasteiger partial charge >= 0.3 is 6.18 Å². The van der Waals surface area contributed by atoms with Gasteiger partial charge in [0.05, 0.1) is 18.8 Å². The van der Waals surface area contributed by atoms with E-state index in [0.29, 0.717) is 25.8 Å². The van der Waals surface area contributed by atoms with Gasteiger partial charge < -0.3 is 14.7 Å². The van der Waals surface area contributed by atoms with Gasteiger partial charge in [0.15, 0.2) is 0 Å². The molecule has 0 radical (unpaired) electrons. The molecule has 0 bridgehead atoms. The number of alkyl halides is 3. The third-order valence-corrected chi connectivity index (χ3v) is 5.44. The lowest BCUT2D eigenvalue weighted by Crippen LogP contribution is -2.33. The molecule has 1 aliphatic heterocycles. The number of halogens is 3. The van der Waals surface area contributed by atoms with E-state index in [9.17, 15) is 21.6 Å². The molecule has 2 rings (SSSR count). The van der Waals surface area contributed by atoms with Gasteiger partial charge in [0.2, 0.25) is 10.0 Å². The van der Waals surface area contributed by atoms with E-state index in [4.69, 9.17) is 9.84 Å². The lowest BCUT2D eigenvalue weighted by Gasteiger charge is -2.29. The average molecular weight is 397 g/mol. The highest BCUT2D eigenvalue weighted by Crippen LogP contribution is 2.36. The molecule has 7 nitrogen and oxygen atoms in total. The van der Waals surface area contributed by atoms with Gasteiger partial charge in [-0.3, -0.25) is 0 Å². The largest absolute Gasteiger partial charge is 0.420 e. The number of hydrogen-bond acceptors (Lipinski definition) is 6. The Balaban J connectivity index is 2.31. The second-order valence-electron chi connectivity index (χ2n) is 6.13. The van der Waals surface area contributed by atoms with Crippen molar-refractivity contribution in [1.29, 1.82) is 0 Å². The first-order valence-corrected chi connectivity index (χ1v) is 9.60. The molecule has 0 spiro atoms. The van der Waals surface area contributed by atoms with Crippen LogP contribution in [0.4, 0.5) is 19.0 Å². The molecule has 26 heavy (non-hydrogen) atoms. The second-order valence-corrected chi connectivity index (χ2v) is 7.89. The van der Waals surface area contributed by atoms with E-state index >= 15 is 0 Å².